The van der Waals surface area contributed by atoms with Crippen LogP contribution < -0.4 is 0 Å². The normalized spacial score (nSPS) is 14.0. The maximum Gasteiger partial charge on any atom is 0.305 e. The van der Waals surface area contributed by atoms with Gasteiger partial charge in [0.15, 0.2) is 0 Å². The summed E-state index contributed by atoms with van der Waals surface area (Å²) in [6.07, 6.45) is 1.34. The van der Waals surface area contributed by atoms with Gasteiger partial charge in [-0.1, -0.05) is 27.7 Å². The Morgan fingerprint density at radius 1 is 0.812 bits per heavy atom. The lowest BCUT2D eigenvalue weighted by atomic mass is 10.1. The second-order valence-corrected chi connectivity index (χ2v) is 3.58. The van der Waals surface area contributed by atoms with Crippen LogP contribution >= 0.6 is 0 Å². The van der Waals surface area contributed by atoms with Crippen molar-refractivity contribution in [1.29, 1.82) is 0 Å². The summed E-state index contributed by atoms with van der Waals surface area (Å²) < 4.78 is 10.5. The Morgan fingerprint density at radius 3 is 1.31 bits per heavy atom. The Bertz CT molecular complexity index is 201. The van der Waals surface area contributed by atoms with E-state index in [-0.39, 0.29) is 24.1 Å². The van der Waals surface area contributed by atoms with E-state index in [1.807, 2.05) is 13.8 Å². The topological polar surface area (TPSA) is 52.6 Å². The van der Waals surface area contributed by atoms with E-state index in [9.17, 15) is 9.59 Å². The van der Waals surface area contributed by atoms with Gasteiger partial charge >= 0.3 is 11.9 Å². The van der Waals surface area contributed by atoms with Crippen LogP contribution in [-0.4, -0.2) is 24.1 Å². The van der Waals surface area contributed by atoms with Crippen molar-refractivity contribution in [3.63, 3.8) is 0 Å². The van der Waals surface area contributed by atoms with Crippen molar-refractivity contribution in [2.24, 2.45) is 0 Å². The summed E-state index contributed by atoms with van der Waals surface area (Å²) in [4.78, 5) is 22.4. The largest absolute Gasteiger partial charge is 0.458 e. The number of ether oxygens (including phenoxy) is 2. The predicted molar refractivity (Wildman–Crippen MR) is 60.9 cm³/mol. The maximum atomic E-state index is 11.2. The number of esters is 2. The van der Waals surface area contributed by atoms with Gasteiger partial charge in [-0.3, -0.25) is 9.59 Å². The first-order valence-corrected chi connectivity index (χ1v) is 5.97. The Kier molecular flexibility index (Phi) is 7.60. The standard InChI is InChI=1S/C12H22O4/c1-5-9(15-11(13)7-3)10(6-2)16-12(14)8-4/h9-10H,5-8H2,1-4H3. The monoisotopic (exact) mass is 230 g/mol. The van der Waals surface area contributed by atoms with Crippen molar-refractivity contribution >= 4 is 11.9 Å². The molecule has 0 heterocycles. The Hall–Kier alpha value is -1.06. The number of rotatable bonds is 7. The maximum absolute atomic E-state index is 11.2. The molecule has 0 aliphatic carbocycles. The van der Waals surface area contributed by atoms with E-state index in [1.165, 1.54) is 0 Å². The first-order chi connectivity index (χ1) is 7.58. The summed E-state index contributed by atoms with van der Waals surface area (Å²) in [6.45, 7) is 7.31. The minimum atomic E-state index is -0.326. The summed E-state index contributed by atoms with van der Waals surface area (Å²) in [7, 11) is 0. The second-order valence-electron chi connectivity index (χ2n) is 3.58. The molecule has 2 atom stereocenters. The van der Waals surface area contributed by atoms with E-state index in [1.54, 1.807) is 13.8 Å². The summed E-state index contributed by atoms with van der Waals surface area (Å²) in [5.41, 5.74) is 0. The fourth-order valence-corrected chi connectivity index (χ4v) is 1.35. The Balaban J connectivity index is 4.37. The molecule has 0 fully saturated rings. The zero-order valence-corrected chi connectivity index (χ0v) is 10.6. The van der Waals surface area contributed by atoms with Gasteiger partial charge in [0, 0.05) is 12.8 Å². The minimum absolute atomic E-state index is 0.252. The summed E-state index contributed by atoms with van der Waals surface area (Å²) in [5.74, 6) is -0.504. The SMILES string of the molecule is CCC(=O)OC(CC)C(CC)OC(=O)CC. The molecule has 2 unspecified atom stereocenters. The fraction of sp³-hybridized carbons (Fsp3) is 0.833. The molecule has 0 radical (unpaired) electrons. The van der Waals surface area contributed by atoms with Crippen molar-refractivity contribution < 1.29 is 19.1 Å². The third-order valence-corrected chi connectivity index (χ3v) is 2.36. The predicted octanol–water partition coefficient (Wildman–Crippen LogP) is 2.45. The van der Waals surface area contributed by atoms with Gasteiger partial charge < -0.3 is 9.47 Å². The fourth-order valence-electron chi connectivity index (χ4n) is 1.35. The van der Waals surface area contributed by atoms with E-state index in [0.29, 0.717) is 25.7 Å². The molecule has 0 bridgehead atoms. The molecule has 94 valence electrons. The first-order valence-electron chi connectivity index (χ1n) is 5.97. The average Bonchev–Trinajstić information content (AvgIpc) is 2.32. The van der Waals surface area contributed by atoms with E-state index in [4.69, 9.17) is 9.47 Å². The van der Waals surface area contributed by atoms with Crippen LogP contribution in [-0.2, 0) is 19.1 Å². The number of carbonyl (C=O) groups is 2. The Morgan fingerprint density at radius 2 is 1.12 bits per heavy atom. The molecule has 0 aliphatic heterocycles. The molecule has 0 amide bonds. The van der Waals surface area contributed by atoms with Crippen molar-refractivity contribution in [2.75, 3.05) is 0 Å². The van der Waals surface area contributed by atoms with Crippen LogP contribution in [0, 0.1) is 0 Å². The van der Waals surface area contributed by atoms with Crippen LogP contribution in [0.25, 0.3) is 0 Å². The second kappa shape index (κ2) is 8.13. The molecular formula is C12H22O4. The number of carbonyl (C=O) groups excluding carboxylic acids is 2. The van der Waals surface area contributed by atoms with Gasteiger partial charge in [0.2, 0.25) is 0 Å². The first kappa shape index (κ1) is 14.9. The number of hydrogen-bond donors (Lipinski definition) is 0. The van der Waals surface area contributed by atoms with Gasteiger partial charge in [-0.15, -0.1) is 0 Å². The number of hydrogen-bond acceptors (Lipinski definition) is 4. The van der Waals surface area contributed by atoms with Crippen LogP contribution in [0.1, 0.15) is 53.4 Å². The van der Waals surface area contributed by atoms with Crippen LogP contribution in [0.5, 0.6) is 0 Å². The summed E-state index contributed by atoms with van der Waals surface area (Å²) in [5, 5.41) is 0. The molecule has 4 nitrogen and oxygen atoms in total. The highest BCUT2D eigenvalue weighted by atomic mass is 16.6. The van der Waals surface area contributed by atoms with Crippen LogP contribution in [0.3, 0.4) is 0 Å². The Labute approximate surface area is 97.3 Å². The zero-order chi connectivity index (χ0) is 12.6. The van der Waals surface area contributed by atoms with Crippen molar-refractivity contribution in [1.82, 2.24) is 0 Å². The van der Waals surface area contributed by atoms with Gasteiger partial charge in [0.25, 0.3) is 0 Å². The van der Waals surface area contributed by atoms with E-state index in [2.05, 4.69) is 0 Å². The third-order valence-electron chi connectivity index (χ3n) is 2.36. The lowest BCUT2D eigenvalue weighted by Gasteiger charge is -2.25. The average molecular weight is 230 g/mol. The molecule has 0 aromatic heterocycles. The smallest absolute Gasteiger partial charge is 0.305 e. The molecule has 0 aliphatic rings. The molecular weight excluding hydrogens is 208 g/mol. The molecule has 0 saturated heterocycles. The highest BCUT2D eigenvalue weighted by Crippen LogP contribution is 2.13. The van der Waals surface area contributed by atoms with Gasteiger partial charge in [-0.2, -0.15) is 0 Å². The highest BCUT2D eigenvalue weighted by Gasteiger charge is 2.24. The lowest BCUT2D eigenvalue weighted by Crippen LogP contribution is -2.34. The summed E-state index contributed by atoms with van der Waals surface area (Å²) >= 11 is 0. The highest BCUT2D eigenvalue weighted by molar-refractivity contribution is 5.70. The van der Waals surface area contributed by atoms with Gasteiger partial charge in [0.1, 0.15) is 12.2 Å². The zero-order valence-electron chi connectivity index (χ0n) is 10.6. The van der Waals surface area contributed by atoms with Crippen LogP contribution in [0.4, 0.5) is 0 Å². The van der Waals surface area contributed by atoms with Crippen molar-refractivity contribution in [3.8, 4) is 0 Å². The van der Waals surface area contributed by atoms with Crippen molar-refractivity contribution in [3.05, 3.63) is 0 Å². The molecule has 0 N–H and O–H groups in total. The van der Waals surface area contributed by atoms with Crippen LogP contribution in [0.15, 0.2) is 0 Å². The van der Waals surface area contributed by atoms with Crippen molar-refractivity contribution in [2.45, 2.75) is 65.6 Å². The summed E-state index contributed by atoms with van der Waals surface area (Å²) in [6, 6.07) is 0. The molecule has 0 aromatic rings. The minimum Gasteiger partial charge on any atom is -0.458 e. The third kappa shape index (κ3) is 5.14. The molecule has 0 saturated carbocycles. The molecule has 0 spiro atoms. The quantitative estimate of drug-likeness (QED) is 0.630. The van der Waals surface area contributed by atoms with E-state index < -0.39 is 0 Å². The molecule has 0 aromatic carbocycles. The van der Waals surface area contributed by atoms with Crippen LogP contribution in [0.2, 0.25) is 0 Å². The van der Waals surface area contributed by atoms with E-state index >= 15 is 0 Å². The lowest BCUT2D eigenvalue weighted by molar-refractivity contribution is -0.168. The molecule has 0 rings (SSSR count). The van der Waals surface area contributed by atoms with Gasteiger partial charge in [-0.05, 0) is 12.8 Å². The van der Waals surface area contributed by atoms with Gasteiger partial charge in [0.05, 0.1) is 0 Å². The van der Waals surface area contributed by atoms with E-state index in [0.717, 1.165) is 0 Å². The van der Waals surface area contributed by atoms with Gasteiger partial charge in [-0.25, -0.2) is 0 Å². The molecule has 4 heteroatoms. The molecule has 16 heavy (non-hydrogen) atoms.